The van der Waals surface area contributed by atoms with Gasteiger partial charge in [0.1, 0.15) is 12.0 Å². The topological polar surface area (TPSA) is 43.4 Å². The van der Waals surface area contributed by atoms with Gasteiger partial charge in [0, 0.05) is 11.1 Å². The molecule has 0 aromatic heterocycles. The first-order valence-electron chi connectivity index (χ1n) is 5.20. The van der Waals surface area contributed by atoms with Gasteiger partial charge in [-0.05, 0) is 31.2 Å². The quantitative estimate of drug-likeness (QED) is 0.428. The first kappa shape index (κ1) is 12.9. The van der Waals surface area contributed by atoms with Crippen LogP contribution in [0.3, 0.4) is 0 Å². The summed E-state index contributed by atoms with van der Waals surface area (Å²) in [6.07, 6.45) is 4.14. The summed E-state index contributed by atoms with van der Waals surface area (Å²) in [7, 11) is 0. The number of carbonyl (C=O) groups is 2. The fourth-order valence-electron chi connectivity index (χ4n) is 1.18. The van der Waals surface area contributed by atoms with Gasteiger partial charge in [0.2, 0.25) is 0 Å². The normalized spacial score (nSPS) is 10.2. The summed E-state index contributed by atoms with van der Waals surface area (Å²) in [6, 6.07) is 6.56. The second kappa shape index (κ2) is 6.43. The highest BCUT2D eigenvalue weighted by atomic mass is 16.5. The van der Waals surface area contributed by atoms with Gasteiger partial charge in [-0.3, -0.25) is 9.59 Å². The number of allylic oxidation sites excluding steroid dienone is 2. The van der Waals surface area contributed by atoms with Crippen molar-refractivity contribution in [3.63, 3.8) is 0 Å². The molecule has 88 valence electrons. The van der Waals surface area contributed by atoms with Crippen LogP contribution in [-0.2, 0) is 4.79 Å². The number of benzene rings is 1. The lowest BCUT2D eigenvalue weighted by Crippen LogP contribution is -2.12. The third-order valence-corrected chi connectivity index (χ3v) is 2.11. The minimum atomic E-state index is -0.164. The predicted molar refractivity (Wildman–Crippen MR) is 66.3 cm³/mol. The van der Waals surface area contributed by atoms with E-state index in [1.54, 1.807) is 36.4 Å². The van der Waals surface area contributed by atoms with E-state index < -0.39 is 0 Å². The Morgan fingerprint density at radius 1 is 1.35 bits per heavy atom. The molecule has 3 heteroatoms. The highest BCUT2D eigenvalue weighted by Crippen LogP contribution is 2.11. The molecular weight excluding hydrogens is 216 g/mol. The van der Waals surface area contributed by atoms with E-state index >= 15 is 0 Å². The van der Waals surface area contributed by atoms with E-state index in [0.717, 1.165) is 6.29 Å². The highest BCUT2D eigenvalue weighted by molar-refractivity contribution is 5.98. The molecule has 0 heterocycles. The highest BCUT2D eigenvalue weighted by Gasteiger charge is 2.05. The summed E-state index contributed by atoms with van der Waals surface area (Å²) in [6.45, 7) is 5.39. The molecule has 0 radical (unpaired) electrons. The van der Waals surface area contributed by atoms with Crippen molar-refractivity contribution >= 4 is 12.1 Å². The SMILES string of the molecule is C=C(/C=C\C)C(=O)COc1ccc(C=O)cc1. The van der Waals surface area contributed by atoms with Gasteiger partial charge in [-0.15, -0.1) is 0 Å². The number of hydrogen-bond donors (Lipinski definition) is 0. The monoisotopic (exact) mass is 230 g/mol. The Balaban J connectivity index is 2.52. The van der Waals surface area contributed by atoms with Gasteiger partial charge in [-0.25, -0.2) is 0 Å². The molecule has 1 aromatic rings. The van der Waals surface area contributed by atoms with Crippen molar-refractivity contribution in [3.8, 4) is 5.75 Å². The van der Waals surface area contributed by atoms with E-state index in [1.807, 2.05) is 6.92 Å². The van der Waals surface area contributed by atoms with Crippen LogP contribution >= 0.6 is 0 Å². The maximum absolute atomic E-state index is 11.5. The summed E-state index contributed by atoms with van der Waals surface area (Å²) in [4.78, 5) is 21.9. The van der Waals surface area contributed by atoms with Gasteiger partial charge in [0.15, 0.2) is 12.4 Å². The fourth-order valence-corrected chi connectivity index (χ4v) is 1.18. The third-order valence-electron chi connectivity index (χ3n) is 2.11. The van der Waals surface area contributed by atoms with Gasteiger partial charge >= 0.3 is 0 Å². The molecule has 0 bridgehead atoms. The lowest BCUT2D eigenvalue weighted by molar-refractivity contribution is -0.117. The van der Waals surface area contributed by atoms with E-state index in [0.29, 0.717) is 16.9 Å². The maximum Gasteiger partial charge on any atom is 0.199 e. The minimum absolute atomic E-state index is 0.0520. The van der Waals surface area contributed by atoms with Crippen molar-refractivity contribution in [2.75, 3.05) is 6.61 Å². The molecule has 0 aliphatic carbocycles. The molecular formula is C14H14O3. The summed E-state index contributed by atoms with van der Waals surface area (Å²) < 4.78 is 5.27. The average molecular weight is 230 g/mol. The Hall–Kier alpha value is -2.16. The van der Waals surface area contributed by atoms with Crippen LogP contribution in [0.15, 0.2) is 48.6 Å². The van der Waals surface area contributed by atoms with Gasteiger partial charge in [-0.2, -0.15) is 0 Å². The number of carbonyl (C=O) groups excluding carboxylic acids is 2. The van der Waals surface area contributed by atoms with E-state index in [2.05, 4.69) is 6.58 Å². The van der Waals surface area contributed by atoms with E-state index in [4.69, 9.17) is 4.74 Å². The number of rotatable bonds is 6. The number of ether oxygens (including phenoxy) is 1. The summed E-state index contributed by atoms with van der Waals surface area (Å²) >= 11 is 0. The molecule has 3 nitrogen and oxygen atoms in total. The predicted octanol–water partition coefficient (Wildman–Crippen LogP) is 2.58. The van der Waals surface area contributed by atoms with Crippen molar-refractivity contribution in [2.24, 2.45) is 0 Å². The smallest absolute Gasteiger partial charge is 0.199 e. The van der Waals surface area contributed by atoms with Crippen LogP contribution in [0.25, 0.3) is 0 Å². The lowest BCUT2D eigenvalue weighted by Gasteiger charge is -2.05. The zero-order valence-corrected chi connectivity index (χ0v) is 9.68. The number of aldehydes is 1. The van der Waals surface area contributed by atoms with Crippen molar-refractivity contribution < 1.29 is 14.3 Å². The van der Waals surface area contributed by atoms with Crippen LogP contribution in [0.2, 0.25) is 0 Å². The third kappa shape index (κ3) is 4.07. The molecule has 0 unspecified atom stereocenters. The minimum Gasteiger partial charge on any atom is -0.485 e. The Labute approximate surface area is 100 Å². The van der Waals surface area contributed by atoms with Gasteiger partial charge in [-0.1, -0.05) is 18.7 Å². The molecule has 0 amide bonds. The summed E-state index contributed by atoms with van der Waals surface area (Å²) in [5.74, 6) is 0.389. The number of Topliss-reactive ketones (excluding diaryl/α,β-unsaturated/α-hetero) is 1. The lowest BCUT2D eigenvalue weighted by atomic mass is 10.2. The fraction of sp³-hybridized carbons (Fsp3) is 0.143. The molecule has 0 aliphatic heterocycles. The molecule has 1 rings (SSSR count). The second-order valence-electron chi connectivity index (χ2n) is 3.42. The Bertz CT molecular complexity index is 441. The molecule has 0 atom stereocenters. The maximum atomic E-state index is 11.5. The van der Waals surface area contributed by atoms with Crippen LogP contribution in [-0.4, -0.2) is 18.7 Å². The van der Waals surface area contributed by atoms with Crippen LogP contribution in [0, 0.1) is 0 Å². The van der Waals surface area contributed by atoms with E-state index in [9.17, 15) is 9.59 Å². The zero-order chi connectivity index (χ0) is 12.7. The van der Waals surface area contributed by atoms with Crippen molar-refractivity contribution in [3.05, 3.63) is 54.1 Å². The molecule has 0 saturated carbocycles. The first-order valence-corrected chi connectivity index (χ1v) is 5.20. The molecule has 0 aliphatic rings. The van der Waals surface area contributed by atoms with Crippen LogP contribution in [0.5, 0.6) is 5.75 Å². The van der Waals surface area contributed by atoms with Gasteiger partial charge in [0.05, 0.1) is 0 Å². The molecule has 0 saturated heterocycles. The van der Waals surface area contributed by atoms with Crippen molar-refractivity contribution in [2.45, 2.75) is 6.92 Å². The van der Waals surface area contributed by atoms with Crippen molar-refractivity contribution in [1.29, 1.82) is 0 Å². The Morgan fingerprint density at radius 3 is 2.53 bits per heavy atom. The summed E-state index contributed by atoms with van der Waals surface area (Å²) in [5, 5.41) is 0. The van der Waals surface area contributed by atoms with E-state index in [1.165, 1.54) is 0 Å². The largest absolute Gasteiger partial charge is 0.485 e. The van der Waals surface area contributed by atoms with Crippen LogP contribution in [0.4, 0.5) is 0 Å². The first-order chi connectivity index (χ1) is 8.17. The van der Waals surface area contributed by atoms with Gasteiger partial charge < -0.3 is 4.74 Å². The van der Waals surface area contributed by atoms with Gasteiger partial charge in [0.25, 0.3) is 0 Å². The standard InChI is InChI=1S/C14H14O3/c1-3-4-11(2)14(16)10-17-13-7-5-12(9-15)6-8-13/h3-9H,2,10H2,1H3/b4-3-. The molecule has 0 N–H and O–H groups in total. The average Bonchev–Trinajstić information content (AvgIpc) is 2.36. The van der Waals surface area contributed by atoms with Crippen LogP contribution < -0.4 is 4.74 Å². The molecule has 17 heavy (non-hydrogen) atoms. The zero-order valence-electron chi connectivity index (χ0n) is 9.68. The molecule has 0 fully saturated rings. The Kier molecular flexibility index (Phi) is 4.88. The Morgan fingerprint density at radius 2 is 2.00 bits per heavy atom. The van der Waals surface area contributed by atoms with E-state index in [-0.39, 0.29) is 12.4 Å². The number of ketones is 1. The van der Waals surface area contributed by atoms with Crippen LogP contribution in [0.1, 0.15) is 17.3 Å². The molecule has 1 aromatic carbocycles. The van der Waals surface area contributed by atoms with Crippen molar-refractivity contribution in [1.82, 2.24) is 0 Å². The summed E-state index contributed by atoms with van der Waals surface area (Å²) in [5.41, 5.74) is 0.985. The second-order valence-corrected chi connectivity index (χ2v) is 3.42. The number of hydrogen-bond acceptors (Lipinski definition) is 3. The molecule has 0 spiro atoms.